The topological polar surface area (TPSA) is 71.1 Å². The summed E-state index contributed by atoms with van der Waals surface area (Å²) in [6.07, 6.45) is 8.58. The highest BCUT2D eigenvalue weighted by molar-refractivity contribution is 6.06. The molecule has 1 aromatic heterocycles. The highest BCUT2D eigenvalue weighted by atomic mass is 16.2. The molecule has 1 saturated carbocycles. The van der Waals surface area contributed by atoms with E-state index < -0.39 is 0 Å². The second kappa shape index (κ2) is 8.13. The van der Waals surface area contributed by atoms with Gasteiger partial charge in [-0.05, 0) is 49.9 Å². The van der Waals surface area contributed by atoms with Crippen molar-refractivity contribution in [2.45, 2.75) is 52.0 Å². The summed E-state index contributed by atoms with van der Waals surface area (Å²) < 4.78 is 0. The summed E-state index contributed by atoms with van der Waals surface area (Å²) in [5.74, 6) is -0.427. The van der Waals surface area contributed by atoms with Crippen molar-refractivity contribution in [1.29, 1.82) is 0 Å². The van der Waals surface area contributed by atoms with Crippen molar-refractivity contribution in [1.82, 2.24) is 10.3 Å². The number of nitrogens with one attached hydrogen (secondary N) is 2. The quantitative estimate of drug-likeness (QED) is 0.874. The Morgan fingerprint density at radius 3 is 2.42 bits per heavy atom. The van der Waals surface area contributed by atoms with E-state index in [1.54, 1.807) is 6.07 Å². The zero-order valence-electron chi connectivity index (χ0n) is 15.3. The van der Waals surface area contributed by atoms with E-state index in [2.05, 4.69) is 15.6 Å². The highest BCUT2D eigenvalue weighted by Crippen LogP contribution is 2.20. The van der Waals surface area contributed by atoms with Crippen LogP contribution < -0.4 is 10.6 Å². The van der Waals surface area contributed by atoms with E-state index in [4.69, 9.17) is 0 Å². The lowest BCUT2D eigenvalue weighted by molar-refractivity contribution is 0.0927. The van der Waals surface area contributed by atoms with Crippen molar-refractivity contribution in [3.63, 3.8) is 0 Å². The predicted molar refractivity (Wildman–Crippen MR) is 102 cm³/mol. The molecule has 0 bridgehead atoms. The molecule has 5 heteroatoms. The van der Waals surface area contributed by atoms with E-state index in [-0.39, 0.29) is 17.9 Å². The van der Waals surface area contributed by atoms with Crippen LogP contribution in [0.4, 0.5) is 5.69 Å². The van der Waals surface area contributed by atoms with Crippen molar-refractivity contribution in [2.24, 2.45) is 0 Å². The third kappa shape index (κ3) is 4.28. The zero-order chi connectivity index (χ0) is 18.5. The molecule has 26 heavy (non-hydrogen) atoms. The number of anilines is 1. The fourth-order valence-corrected chi connectivity index (χ4v) is 3.28. The number of rotatable bonds is 4. The van der Waals surface area contributed by atoms with Gasteiger partial charge in [0.2, 0.25) is 0 Å². The lowest BCUT2D eigenvalue weighted by atomic mass is 9.95. The fraction of sp³-hybridized carbons (Fsp3) is 0.381. The molecule has 136 valence electrons. The number of benzene rings is 1. The molecule has 2 N–H and O–H groups in total. The number of amides is 2. The van der Waals surface area contributed by atoms with Gasteiger partial charge in [0.15, 0.2) is 0 Å². The van der Waals surface area contributed by atoms with Gasteiger partial charge >= 0.3 is 0 Å². The Morgan fingerprint density at radius 2 is 1.69 bits per heavy atom. The summed E-state index contributed by atoms with van der Waals surface area (Å²) in [5.41, 5.74) is 3.71. The normalized spacial score (nSPS) is 14.7. The summed E-state index contributed by atoms with van der Waals surface area (Å²) in [5, 5.41) is 5.96. The Hall–Kier alpha value is -2.69. The van der Waals surface area contributed by atoms with Gasteiger partial charge in [-0.1, -0.05) is 31.4 Å². The lowest BCUT2D eigenvalue weighted by Crippen LogP contribution is -2.36. The molecular formula is C21H25N3O2. The summed E-state index contributed by atoms with van der Waals surface area (Å²) in [4.78, 5) is 29.1. The monoisotopic (exact) mass is 351 g/mol. The number of nitrogens with zero attached hydrogens (tertiary/aromatic N) is 1. The van der Waals surface area contributed by atoms with Crippen LogP contribution >= 0.6 is 0 Å². The van der Waals surface area contributed by atoms with Crippen LogP contribution in [0, 0.1) is 13.8 Å². The molecular weight excluding hydrogens is 326 g/mol. The third-order valence-electron chi connectivity index (χ3n) is 5.06. The van der Waals surface area contributed by atoms with Crippen LogP contribution in [-0.4, -0.2) is 22.8 Å². The molecule has 2 aromatic rings. The molecule has 5 nitrogen and oxygen atoms in total. The molecule has 1 fully saturated rings. The van der Waals surface area contributed by atoms with Crippen LogP contribution in [0.1, 0.15) is 63.9 Å². The number of pyridine rings is 1. The fourth-order valence-electron chi connectivity index (χ4n) is 3.28. The van der Waals surface area contributed by atoms with E-state index in [0.717, 1.165) is 42.5 Å². The summed E-state index contributed by atoms with van der Waals surface area (Å²) >= 11 is 0. The minimum Gasteiger partial charge on any atom is -0.349 e. The molecule has 2 amide bonds. The maximum atomic E-state index is 12.6. The first-order valence-electron chi connectivity index (χ1n) is 9.18. The Labute approximate surface area is 154 Å². The van der Waals surface area contributed by atoms with Crippen LogP contribution in [0.15, 0.2) is 36.7 Å². The molecule has 0 radical (unpaired) electrons. The maximum absolute atomic E-state index is 12.6. The van der Waals surface area contributed by atoms with Gasteiger partial charge in [0.25, 0.3) is 11.8 Å². The van der Waals surface area contributed by atoms with Gasteiger partial charge in [0, 0.05) is 24.1 Å². The van der Waals surface area contributed by atoms with Gasteiger partial charge in [-0.3, -0.25) is 14.6 Å². The largest absolute Gasteiger partial charge is 0.349 e. The molecule has 0 atom stereocenters. The average molecular weight is 351 g/mol. The van der Waals surface area contributed by atoms with Gasteiger partial charge in [0.1, 0.15) is 0 Å². The predicted octanol–water partition coefficient (Wildman–Crippen LogP) is 4.01. The van der Waals surface area contributed by atoms with Gasteiger partial charge in [-0.25, -0.2) is 0 Å². The molecule has 3 rings (SSSR count). The minimum absolute atomic E-state index is 0.161. The number of aryl methyl sites for hydroxylation is 1. The van der Waals surface area contributed by atoms with E-state index in [1.807, 2.05) is 32.0 Å². The Kier molecular flexibility index (Phi) is 5.66. The van der Waals surface area contributed by atoms with Crippen molar-refractivity contribution < 1.29 is 9.59 Å². The first-order chi connectivity index (χ1) is 12.5. The molecule has 1 heterocycles. The van der Waals surface area contributed by atoms with Crippen molar-refractivity contribution in [3.05, 3.63) is 58.9 Å². The Balaban J connectivity index is 1.70. The second-order valence-electron chi connectivity index (χ2n) is 6.97. The smallest absolute Gasteiger partial charge is 0.257 e. The summed E-state index contributed by atoms with van der Waals surface area (Å²) in [6, 6.07) is 7.61. The molecule has 0 spiro atoms. The number of hydrogen-bond donors (Lipinski definition) is 2. The summed E-state index contributed by atoms with van der Waals surface area (Å²) in [7, 11) is 0. The van der Waals surface area contributed by atoms with Gasteiger partial charge < -0.3 is 10.6 Å². The lowest BCUT2D eigenvalue weighted by Gasteiger charge is -2.22. The molecule has 1 aliphatic rings. The Morgan fingerprint density at radius 1 is 1.00 bits per heavy atom. The number of carbonyl (C=O) groups is 2. The first kappa shape index (κ1) is 18.1. The van der Waals surface area contributed by atoms with Crippen LogP contribution in [0.2, 0.25) is 0 Å². The van der Waals surface area contributed by atoms with Crippen LogP contribution in [0.3, 0.4) is 0 Å². The SMILES string of the molecule is Cc1cccc(NC(=O)c2cncc(C(=O)NC3CCCCC3)c2)c1C. The number of carbonyl (C=O) groups excluding carboxylic acids is 2. The number of hydrogen-bond acceptors (Lipinski definition) is 3. The molecule has 0 saturated heterocycles. The second-order valence-corrected chi connectivity index (χ2v) is 6.97. The summed E-state index contributed by atoms with van der Waals surface area (Å²) in [6.45, 7) is 3.97. The average Bonchev–Trinajstić information content (AvgIpc) is 2.66. The third-order valence-corrected chi connectivity index (χ3v) is 5.06. The van der Waals surface area contributed by atoms with Crippen molar-refractivity contribution in [2.75, 3.05) is 5.32 Å². The van der Waals surface area contributed by atoms with Crippen molar-refractivity contribution in [3.8, 4) is 0 Å². The van der Waals surface area contributed by atoms with Gasteiger partial charge in [-0.15, -0.1) is 0 Å². The van der Waals surface area contributed by atoms with Gasteiger partial charge in [0.05, 0.1) is 11.1 Å². The van der Waals surface area contributed by atoms with Gasteiger partial charge in [-0.2, -0.15) is 0 Å². The van der Waals surface area contributed by atoms with Crippen LogP contribution in [-0.2, 0) is 0 Å². The Bertz CT molecular complexity index is 811. The van der Waals surface area contributed by atoms with Crippen molar-refractivity contribution >= 4 is 17.5 Å². The van der Waals surface area contributed by atoms with E-state index >= 15 is 0 Å². The van der Waals surface area contributed by atoms with Crippen LogP contribution in [0.5, 0.6) is 0 Å². The van der Waals surface area contributed by atoms with E-state index in [1.165, 1.54) is 18.8 Å². The molecule has 0 aliphatic heterocycles. The molecule has 0 unspecified atom stereocenters. The maximum Gasteiger partial charge on any atom is 0.257 e. The molecule has 1 aromatic carbocycles. The number of aromatic nitrogens is 1. The highest BCUT2D eigenvalue weighted by Gasteiger charge is 2.18. The van der Waals surface area contributed by atoms with Crippen LogP contribution in [0.25, 0.3) is 0 Å². The molecule has 1 aliphatic carbocycles. The van der Waals surface area contributed by atoms with E-state index in [0.29, 0.717) is 11.1 Å². The minimum atomic E-state index is -0.265. The zero-order valence-corrected chi connectivity index (χ0v) is 15.3. The van der Waals surface area contributed by atoms with E-state index in [9.17, 15) is 9.59 Å². The first-order valence-corrected chi connectivity index (χ1v) is 9.18. The standard InChI is InChI=1S/C21H25N3O2/c1-14-7-6-10-19(15(14)2)24-21(26)17-11-16(12-22-13-17)20(25)23-18-8-4-3-5-9-18/h6-7,10-13,18H,3-5,8-9H2,1-2H3,(H,23,25)(H,24,26).